The van der Waals surface area contributed by atoms with E-state index in [9.17, 15) is 4.79 Å². The van der Waals surface area contributed by atoms with Crippen molar-refractivity contribution in [3.05, 3.63) is 39.4 Å². The lowest BCUT2D eigenvalue weighted by atomic mass is 9.97. The van der Waals surface area contributed by atoms with Crippen LogP contribution >= 0.6 is 11.6 Å². The van der Waals surface area contributed by atoms with Crippen LogP contribution in [0, 0.1) is 0 Å². The summed E-state index contributed by atoms with van der Waals surface area (Å²) < 4.78 is 54.8. The first kappa shape index (κ1) is 7.69. The van der Waals surface area contributed by atoms with Crippen LogP contribution in [0.2, 0.25) is 5.15 Å². The number of aromatic nitrogens is 2. The van der Waals surface area contributed by atoms with Crippen LogP contribution < -0.4 is 15.2 Å². The summed E-state index contributed by atoms with van der Waals surface area (Å²) in [6.45, 7) is 0.317. The molecule has 1 aliphatic rings. The van der Waals surface area contributed by atoms with Crippen LogP contribution in [0.3, 0.4) is 0 Å². The number of hydrogen-bond donors (Lipinski definition) is 0. The lowest BCUT2D eigenvalue weighted by Gasteiger charge is -2.22. The summed E-state index contributed by atoms with van der Waals surface area (Å²) in [5.74, 6) is -0.482. The summed E-state index contributed by atoms with van der Waals surface area (Å²) in [6, 6.07) is 4.22. The van der Waals surface area contributed by atoms with Crippen molar-refractivity contribution in [3.8, 4) is 22.8 Å². The summed E-state index contributed by atoms with van der Waals surface area (Å²) >= 11 is 5.87. The minimum atomic E-state index is -2.81. The summed E-state index contributed by atoms with van der Waals surface area (Å²) in [7, 11) is -5.59. The van der Waals surface area contributed by atoms with E-state index in [0.717, 1.165) is 0 Å². The van der Waals surface area contributed by atoms with Crippen LogP contribution in [0.15, 0.2) is 23.0 Å². The van der Waals surface area contributed by atoms with E-state index in [4.69, 9.17) is 29.3 Å². The number of ether oxygens (including phenoxy) is 2. The average Bonchev–Trinajstić information content (AvgIpc) is 2.44. The van der Waals surface area contributed by atoms with Gasteiger partial charge in [-0.05, 0) is 24.1 Å². The monoisotopic (exact) mass is 298 g/mol. The number of aryl methyl sites for hydroxylation is 1. The number of methoxy groups -OCH3 is 2. The fourth-order valence-electron chi connectivity index (χ4n) is 2.36. The minimum absolute atomic E-state index is 0.00444. The van der Waals surface area contributed by atoms with Gasteiger partial charge in [-0.3, -0.25) is 4.57 Å². The van der Waals surface area contributed by atoms with Crippen molar-refractivity contribution in [2.24, 2.45) is 0 Å². The number of hydrogen-bond acceptors (Lipinski definition) is 4. The second-order valence-corrected chi connectivity index (χ2v) is 4.70. The first-order valence-electron chi connectivity index (χ1n) is 8.76. The lowest BCUT2D eigenvalue weighted by Crippen LogP contribution is -2.28. The number of halogens is 1. The molecule has 1 aromatic carbocycles. The molecule has 0 atom stereocenters. The molecule has 0 N–H and O–H groups in total. The predicted octanol–water partition coefficient (Wildman–Crippen LogP) is 2.14. The molecule has 0 amide bonds. The number of nitrogens with zero attached hydrogens (tertiary/aromatic N) is 2. The van der Waals surface area contributed by atoms with Gasteiger partial charge in [0.2, 0.25) is 0 Å². The third-order valence-corrected chi connectivity index (χ3v) is 3.44. The van der Waals surface area contributed by atoms with Crippen molar-refractivity contribution >= 4 is 11.6 Å². The highest BCUT2D eigenvalue weighted by atomic mass is 35.5. The largest absolute Gasteiger partial charge is 0.493 e. The predicted molar refractivity (Wildman–Crippen MR) is 75.8 cm³/mol. The van der Waals surface area contributed by atoms with Crippen LogP contribution in [0.4, 0.5) is 0 Å². The molecule has 0 bridgehead atoms. The maximum atomic E-state index is 12.0. The molecule has 6 heteroatoms. The van der Waals surface area contributed by atoms with Gasteiger partial charge in [-0.25, -0.2) is 4.79 Å². The van der Waals surface area contributed by atoms with Gasteiger partial charge in [0.05, 0.1) is 28.0 Å². The fraction of sp³-hybridized carbons (Fsp3) is 0.286. The van der Waals surface area contributed by atoms with Crippen molar-refractivity contribution in [2.45, 2.75) is 13.0 Å². The number of rotatable bonds is 2. The Bertz CT molecular complexity index is 923. The molecule has 0 spiro atoms. The smallest absolute Gasteiger partial charge is 0.349 e. The lowest BCUT2D eigenvalue weighted by molar-refractivity contribution is 0.354. The Kier molecular flexibility index (Phi) is 1.86. The molecule has 0 unspecified atom stereocenters. The minimum Gasteiger partial charge on any atom is -0.493 e. The number of benzene rings is 1. The van der Waals surface area contributed by atoms with E-state index in [2.05, 4.69) is 4.98 Å². The Morgan fingerprint density at radius 3 is 2.80 bits per heavy atom. The van der Waals surface area contributed by atoms with Crippen molar-refractivity contribution in [2.75, 3.05) is 14.1 Å². The molecule has 1 aliphatic heterocycles. The molecule has 0 saturated carbocycles. The Hall–Kier alpha value is -2.01. The van der Waals surface area contributed by atoms with Crippen LogP contribution in [-0.2, 0) is 13.0 Å². The van der Waals surface area contributed by atoms with Gasteiger partial charge in [0.25, 0.3) is 0 Å². The van der Waals surface area contributed by atoms with Crippen LogP contribution in [0.1, 0.15) is 13.8 Å². The summed E-state index contributed by atoms with van der Waals surface area (Å²) in [5.41, 5.74) is 1.07. The number of fused-ring (bicyclic) bond motifs is 3. The Balaban J connectivity index is 2.19. The molecule has 2 heterocycles. The van der Waals surface area contributed by atoms with Gasteiger partial charge in [0, 0.05) is 18.2 Å². The molecule has 0 saturated heterocycles. The molecule has 3 rings (SSSR count). The quantitative estimate of drug-likeness (QED) is 0.797. The zero-order valence-corrected chi connectivity index (χ0v) is 10.9. The molecule has 2 aromatic rings. The highest BCUT2D eigenvalue weighted by Gasteiger charge is 2.21. The van der Waals surface area contributed by atoms with E-state index < -0.39 is 19.8 Å². The van der Waals surface area contributed by atoms with E-state index in [0.29, 0.717) is 29.8 Å². The van der Waals surface area contributed by atoms with Crippen molar-refractivity contribution in [3.63, 3.8) is 0 Å². The standard InChI is InChI=1S/C14H13ClN2O3/c1-19-11-5-8-3-4-17-10(7-13(15)16-14(17)18)9(8)6-12(11)20-2/h5-7H,3-4H2,1-2H3/i1D3,2D3. The second-order valence-electron chi connectivity index (χ2n) is 4.31. The van der Waals surface area contributed by atoms with Gasteiger partial charge >= 0.3 is 5.69 Å². The van der Waals surface area contributed by atoms with E-state index >= 15 is 0 Å². The highest BCUT2D eigenvalue weighted by Crippen LogP contribution is 2.38. The SMILES string of the molecule is [2H]C([2H])([2H])Oc1cc2c(cc1OC([2H])([2H])[2H])-c1cc(Cl)nc(=O)n1CC2. The van der Waals surface area contributed by atoms with Gasteiger partial charge in [0.15, 0.2) is 11.5 Å². The molecule has 0 fully saturated rings. The van der Waals surface area contributed by atoms with E-state index in [1.54, 1.807) is 0 Å². The van der Waals surface area contributed by atoms with Gasteiger partial charge < -0.3 is 9.47 Å². The van der Waals surface area contributed by atoms with Gasteiger partial charge in [-0.2, -0.15) is 4.98 Å². The topological polar surface area (TPSA) is 53.4 Å². The van der Waals surface area contributed by atoms with E-state index in [1.807, 2.05) is 0 Å². The fourth-order valence-corrected chi connectivity index (χ4v) is 2.53. The summed E-state index contributed by atoms with van der Waals surface area (Å²) in [6.07, 6.45) is 0.400. The third kappa shape index (κ3) is 1.94. The Morgan fingerprint density at radius 1 is 1.30 bits per heavy atom. The first-order chi connectivity index (χ1) is 11.9. The maximum Gasteiger partial charge on any atom is 0.349 e. The van der Waals surface area contributed by atoms with Crippen molar-refractivity contribution < 1.29 is 17.7 Å². The third-order valence-electron chi connectivity index (χ3n) is 3.25. The Morgan fingerprint density at radius 2 is 2.05 bits per heavy atom. The van der Waals surface area contributed by atoms with Gasteiger partial charge in [-0.1, -0.05) is 11.6 Å². The normalized spacial score (nSPS) is 18.2. The Labute approximate surface area is 129 Å². The van der Waals surface area contributed by atoms with E-state index in [-0.39, 0.29) is 16.7 Å². The second kappa shape index (κ2) is 4.83. The molecule has 0 radical (unpaired) electrons. The van der Waals surface area contributed by atoms with E-state index in [1.165, 1.54) is 22.8 Å². The molecular formula is C14H13ClN2O3. The van der Waals surface area contributed by atoms with Crippen LogP contribution in [-0.4, -0.2) is 23.6 Å². The van der Waals surface area contributed by atoms with Crippen LogP contribution in [0.5, 0.6) is 11.5 Å². The molecule has 1 aromatic heterocycles. The zero-order valence-electron chi connectivity index (χ0n) is 16.1. The first-order valence-corrected chi connectivity index (χ1v) is 6.13. The molecule has 5 nitrogen and oxygen atoms in total. The van der Waals surface area contributed by atoms with Crippen molar-refractivity contribution in [1.29, 1.82) is 0 Å². The molecule has 104 valence electrons. The highest BCUT2D eigenvalue weighted by molar-refractivity contribution is 6.29. The summed E-state index contributed by atoms with van der Waals surface area (Å²) in [4.78, 5) is 15.7. The average molecular weight is 299 g/mol. The van der Waals surface area contributed by atoms with Crippen LogP contribution in [0.25, 0.3) is 11.3 Å². The molecular weight excluding hydrogens is 280 g/mol. The molecule has 0 aliphatic carbocycles. The maximum absolute atomic E-state index is 12.0. The van der Waals surface area contributed by atoms with Gasteiger partial charge in [0.1, 0.15) is 5.15 Å². The van der Waals surface area contributed by atoms with Gasteiger partial charge in [-0.15, -0.1) is 0 Å². The summed E-state index contributed by atoms with van der Waals surface area (Å²) in [5, 5.41) is -0.00444. The van der Waals surface area contributed by atoms with Crippen molar-refractivity contribution in [1.82, 2.24) is 9.55 Å². The zero-order chi connectivity index (χ0) is 19.3. The molecule has 20 heavy (non-hydrogen) atoms.